The van der Waals surface area contributed by atoms with Gasteiger partial charge in [0.15, 0.2) is 0 Å². The highest BCUT2D eigenvalue weighted by Crippen LogP contribution is 2.22. The number of nitrogens with one attached hydrogen (secondary N) is 2. The molecule has 2 N–H and O–H groups in total. The van der Waals surface area contributed by atoms with Gasteiger partial charge in [-0.15, -0.1) is 0 Å². The fourth-order valence-corrected chi connectivity index (χ4v) is 2.31. The molecule has 0 radical (unpaired) electrons. The van der Waals surface area contributed by atoms with Crippen LogP contribution >= 0.6 is 38.5 Å². The topological polar surface area (TPSA) is 67.4 Å². The van der Waals surface area contributed by atoms with Crippen LogP contribution in [0.1, 0.15) is 6.92 Å². The molecule has 0 heterocycles. The predicted octanol–water partition coefficient (Wildman–Crippen LogP) is 2.14. The smallest absolute Gasteiger partial charge is 0.330 e. The molecule has 1 rings (SSSR count). The molecular weight excluding hydrogens is 427 g/mol. The van der Waals surface area contributed by atoms with Crippen molar-refractivity contribution in [3.63, 3.8) is 0 Å². The number of halogens is 2. The number of amides is 1. The molecule has 19 heavy (non-hydrogen) atoms. The minimum absolute atomic E-state index is 0.263. The summed E-state index contributed by atoms with van der Waals surface area (Å²) in [5.74, 6) is -0.756. The molecule has 104 valence electrons. The Balaban J connectivity index is 2.72. The number of hydrogen-bond acceptors (Lipinski definition) is 4. The monoisotopic (exact) mass is 440 g/mol. The maximum atomic E-state index is 11.5. The Morgan fingerprint density at radius 3 is 2.74 bits per heavy atom. The van der Waals surface area contributed by atoms with Gasteiger partial charge in [0.05, 0.1) is 7.11 Å². The number of benzene rings is 1. The molecule has 0 spiro atoms. The van der Waals surface area contributed by atoms with Crippen LogP contribution in [0.3, 0.4) is 0 Å². The van der Waals surface area contributed by atoms with Gasteiger partial charge in [-0.25, -0.2) is 4.79 Å². The van der Waals surface area contributed by atoms with Crippen LogP contribution < -0.4 is 10.6 Å². The number of carbonyl (C=O) groups is 2. The Labute approximate surface area is 133 Å². The van der Waals surface area contributed by atoms with Crippen LogP contribution in [0.15, 0.2) is 22.7 Å². The molecule has 0 fully saturated rings. The van der Waals surface area contributed by atoms with Gasteiger partial charge in [0.25, 0.3) is 0 Å². The van der Waals surface area contributed by atoms with Gasteiger partial charge < -0.3 is 15.4 Å². The molecule has 1 unspecified atom stereocenters. The van der Waals surface area contributed by atoms with Gasteiger partial charge >= 0.3 is 5.97 Å². The summed E-state index contributed by atoms with van der Waals surface area (Å²) in [5.41, 5.74) is 0.884. The van der Waals surface area contributed by atoms with Crippen molar-refractivity contribution in [1.29, 1.82) is 0 Å². The average molecular weight is 441 g/mol. The summed E-state index contributed by atoms with van der Waals surface area (Å²) in [6.07, 6.45) is 0. The maximum Gasteiger partial charge on any atom is 0.330 e. The van der Waals surface area contributed by atoms with E-state index in [1.54, 1.807) is 0 Å². The fourth-order valence-electron chi connectivity index (χ4n) is 1.43. The first-order valence-corrected chi connectivity index (χ1v) is 7.35. The molecule has 0 aliphatic rings. The molecule has 0 aliphatic carbocycles. The first-order chi connectivity index (χ1) is 8.93. The first kappa shape index (κ1) is 16.2. The molecule has 1 atom stereocenters. The Bertz CT molecular complexity index is 482. The Morgan fingerprint density at radius 1 is 1.47 bits per heavy atom. The van der Waals surface area contributed by atoms with Crippen molar-refractivity contribution < 1.29 is 14.3 Å². The summed E-state index contributed by atoms with van der Waals surface area (Å²) in [6.45, 7) is 1.62. The number of methoxy groups -OCH3 is 1. The highest BCUT2D eigenvalue weighted by atomic mass is 127. The Morgan fingerprint density at radius 2 is 2.16 bits per heavy atom. The Hall–Kier alpha value is -0.830. The quantitative estimate of drug-likeness (QED) is 0.543. The number of anilines is 1. The van der Waals surface area contributed by atoms with E-state index in [-0.39, 0.29) is 12.5 Å². The third-order valence-corrected chi connectivity index (χ3v) is 3.72. The SMILES string of the molecule is COC(=O)C(CNc1cc(Br)ccc1I)NC(C)=O. The minimum Gasteiger partial charge on any atom is -0.467 e. The molecule has 5 nitrogen and oxygen atoms in total. The van der Waals surface area contributed by atoms with Crippen molar-refractivity contribution in [2.24, 2.45) is 0 Å². The zero-order valence-corrected chi connectivity index (χ0v) is 14.2. The highest BCUT2D eigenvalue weighted by Gasteiger charge is 2.20. The molecule has 0 bridgehead atoms. The van der Waals surface area contributed by atoms with Crippen molar-refractivity contribution >= 4 is 56.1 Å². The lowest BCUT2D eigenvalue weighted by atomic mass is 10.2. The zero-order valence-electron chi connectivity index (χ0n) is 10.5. The van der Waals surface area contributed by atoms with E-state index in [4.69, 9.17) is 0 Å². The number of rotatable bonds is 5. The van der Waals surface area contributed by atoms with E-state index >= 15 is 0 Å². The fraction of sp³-hybridized carbons (Fsp3) is 0.333. The van der Waals surface area contributed by atoms with E-state index in [1.165, 1.54) is 14.0 Å². The third-order valence-electron chi connectivity index (χ3n) is 2.29. The number of carbonyl (C=O) groups excluding carboxylic acids is 2. The van der Waals surface area contributed by atoms with Gasteiger partial charge in [0.1, 0.15) is 6.04 Å². The minimum atomic E-state index is -0.711. The number of esters is 1. The van der Waals surface area contributed by atoms with Crippen molar-refractivity contribution in [2.45, 2.75) is 13.0 Å². The summed E-state index contributed by atoms with van der Waals surface area (Å²) in [5, 5.41) is 5.67. The summed E-state index contributed by atoms with van der Waals surface area (Å²) in [6, 6.07) is 5.07. The molecule has 7 heteroatoms. The lowest BCUT2D eigenvalue weighted by Crippen LogP contribution is -2.45. The van der Waals surface area contributed by atoms with Gasteiger partial charge in [0, 0.05) is 27.2 Å². The van der Waals surface area contributed by atoms with E-state index < -0.39 is 12.0 Å². The second kappa shape index (κ2) is 7.68. The third kappa shape index (κ3) is 5.35. The molecule has 0 saturated carbocycles. The van der Waals surface area contributed by atoms with Crippen molar-refractivity contribution in [3.8, 4) is 0 Å². The van der Waals surface area contributed by atoms with E-state index in [9.17, 15) is 9.59 Å². The van der Waals surface area contributed by atoms with E-state index in [0.717, 1.165) is 13.7 Å². The molecule has 1 amide bonds. The zero-order chi connectivity index (χ0) is 14.4. The molecule has 0 aromatic heterocycles. The highest BCUT2D eigenvalue weighted by molar-refractivity contribution is 14.1. The van der Waals surface area contributed by atoms with Gasteiger partial charge in [-0.05, 0) is 40.8 Å². The molecule has 1 aromatic rings. The largest absolute Gasteiger partial charge is 0.467 e. The van der Waals surface area contributed by atoms with Gasteiger partial charge in [-0.2, -0.15) is 0 Å². The van der Waals surface area contributed by atoms with Crippen LogP contribution in [-0.4, -0.2) is 31.6 Å². The summed E-state index contributed by atoms with van der Waals surface area (Å²) >= 11 is 5.57. The second-order valence-electron chi connectivity index (χ2n) is 3.78. The van der Waals surface area contributed by atoms with Crippen LogP contribution in [0.25, 0.3) is 0 Å². The molecule has 0 saturated heterocycles. The normalized spacial score (nSPS) is 11.6. The van der Waals surface area contributed by atoms with Crippen LogP contribution in [0.2, 0.25) is 0 Å². The lowest BCUT2D eigenvalue weighted by molar-refractivity contribution is -0.144. The van der Waals surface area contributed by atoms with Crippen molar-refractivity contribution in [2.75, 3.05) is 19.0 Å². The first-order valence-electron chi connectivity index (χ1n) is 5.48. The summed E-state index contributed by atoms with van der Waals surface area (Å²) in [7, 11) is 1.29. The molecule has 1 aromatic carbocycles. The van der Waals surface area contributed by atoms with E-state index in [0.29, 0.717) is 0 Å². The second-order valence-corrected chi connectivity index (χ2v) is 5.86. The summed E-state index contributed by atoms with van der Waals surface area (Å²) < 4.78 is 6.61. The van der Waals surface area contributed by atoms with Crippen LogP contribution in [0, 0.1) is 3.57 Å². The van der Waals surface area contributed by atoms with Gasteiger partial charge in [-0.1, -0.05) is 15.9 Å². The van der Waals surface area contributed by atoms with Crippen LogP contribution in [-0.2, 0) is 14.3 Å². The van der Waals surface area contributed by atoms with Gasteiger partial charge in [-0.3, -0.25) is 4.79 Å². The summed E-state index contributed by atoms with van der Waals surface area (Å²) in [4.78, 5) is 22.6. The van der Waals surface area contributed by atoms with Crippen LogP contribution in [0.5, 0.6) is 0 Å². The van der Waals surface area contributed by atoms with Crippen molar-refractivity contribution in [3.05, 3.63) is 26.2 Å². The lowest BCUT2D eigenvalue weighted by Gasteiger charge is -2.17. The van der Waals surface area contributed by atoms with Crippen LogP contribution in [0.4, 0.5) is 5.69 Å². The van der Waals surface area contributed by atoms with Crippen molar-refractivity contribution in [1.82, 2.24) is 5.32 Å². The molecule has 0 aliphatic heterocycles. The Kier molecular flexibility index (Phi) is 6.56. The van der Waals surface area contributed by atoms with E-state index in [2.05, 4.69) is 53.9 Å². The standard InChI is InChI=1S/C12H14BrIN2O3/c1-7(17)16-11(12(18)19-2)6-15-10-5-8(13)3-4-9(10)14/h3-5,11,15H,6H2,1-2H3,(H,16,17). The van der Waals surface area contributed by atoms with E-state index in [1.807, 2.05) is 18.2 Å². The molecular formula is C12H14BrIN2O3. The number of hydrogen-bond donors (Lipinski definition) is 2. The van der Waals surface area contributed by atoms with Gasteiger partial charge in [0.2, 0.25) is 5.91 Å². The average Bonchev–Trinajstić information content (AvgIpc) is 2.36. The maximum absolute atomic E-state index is 11.5. The predicted molar refractivity (Wildman–Crippen MR) is 85.0 cm³/mol. The number of ether oxygens (including phenoxy) is 1.